The molecule has 3 aromatic carbocycles. The van der Waals surface area contributed by atoms with Crippen LogP contribution in [0, 0.1) is 28.8 Å². The van der Waals surface area contributed by atoms with Crippen molar-refractivity contribution >= 4 is 11.7 Å². The maximum absolute atomic E-state index is 13.5. The van der Waals surface area contributed by atoms with Gasteiger partial charge in [-0.3, -0.25) is 4.79 Å². The van der Waals surface area contributed by atoms with Crippen LogP contribution in [0.1, 0.15) is 27.0 Å². The van der Waals surface area contributed by atoms with E-state index in [0.29, 0.717) is 35.3 Å². The highest BCUT2D eigenvalue weighted by atomic mass is 19.2. The van der Waals surface area contributed by atoms with Gasteiger partial charge in [0.1, 0.15) is 11.6 Å². The van der Waals surface area contributed by atoms with Crippen LogP contribution in [0.5, 0.6) is 0 Å². The van der Waals surface area contributed by atoms with Gasteiger partial charge in [-0.25, -0.2) is 18.2 Å². The Morgan fingerprint density at radius 3 is 2.50 bits per heavy atom. The molecule has 0 bridgehead atoms. The molecule has 0 aliphatic heterocycles. The van der Waals surface area contributed by atoms with Gasteiger partial charge in [-0.15, -0.1) is 0 Å². The fourth-order valence-corrected chi connectivity index (χ4v) is 3.68. The van der Waals surface area contributed by atoms with E-state index in [1.54, 1.807) is 48.5 Å². The molecule has 8 heteroatoms. The standard InChI is InChI=1S/C28H21F3N4O/c29-21-6-3-4-18(14-21)12-13-33-27-23(28(36)34-17-19-8-10-24(30)25(31)15-19)9-11-26(35-27)22-7-2-1-5-20(22)16-32/h1-11,14-15H,12-13,17H2,(H,33,35)(H,34,36). The van der Waals surface area contributed by atoms with E-state index in [1.165, 1.54) is 18.2 Å². The van der Waals surface area contributed by atoms with Gasteiger partial charge in [0.15, 0.2) is 11.6 Å². The first-order valence-corrected chi connectivity index (χ1v) is 11.2. The molecule has 180 valence electrons. The quantitative estimate of drug-likeness (QED) is 0.339. The summed E-state index contributed by atoms with van der Waals surface area (Å²) >= 11 is 0. The van der Waals surface area contributed by atoms with Crippen LogP contribution in [0.3, 0.4) is 0 Å². The first kappa shape index (κ1) is 24.5. The van der Waals surface area contributed by atoms with Crippen LogP contribution in [-0.2, 0) is 13.0 Å². The minimum absolute atomic E-state index is 0.0161. The number of amides is 1. The predicted molar refractivity (Wildman–Crippen MR) is 131 cm³/mol. The first-order chi connectivity index (χ1) is 17.4. The van der Waals surface area contributed by atoms with Crippen molar-refractivity contribution in [2.24, 2.45) is 0 Å². The SMILES string of the molecule is N#Cc1ccccc1-c1ccc(C(=O)NCc2ccc(F)c(F)c2)c(NCCc2cccc(F)c2)n1. The highest BCUT2D eigenvalue weighted by molar-refractivity contribution is 5.99. The van der Waals surface area contributed by atoms with E-state index in [9.17, 15) is 23.2 Å². The van der Waals surface area contributed by atoms with Gasteiger partial charge >= 0.3 is 0 Å². The number of nitrogens with one attached hydrogen (secondary N) is 2. The fourth-order valence-electron chi connectivity index (χ4n) is 3.68. The predicted octanol–water partition coefficient (Wildman–Crippen LogP) is 5.62. The Kier molecular flexibility index (Phi) is 7.61. The molecule has 0 aliphatic carbocycles. The smallest absolute Gasteiger partial charge is 0.255 e. The number of anilines is 1. The highest BCUT2D eigenvalue weighted by Crippen LogP contribution is 2.25. The second-order valence-electron chi connectivity index (χ2n) is 7.99. The molecule has 0 fully saturated rings. The molecule has 4 aromatic rings. The molecule has 0 radical (unpaired) electrons. The molecule has 0 spiro atoms. The van der Waals surface area contributed by atoms with Crippen LogP contribution in [-0.4, -0.2) is 17.4 Å². The van der Waals surface area contributed by atoms with Crippen LogP contribution < -0.4 is 10.6 Å². The van der Waals surface area contributed by atoms with E-state index in [2.05, 4.69) is 21.7 Å². The van der Waals surface area contributed by atoms with Crippen LogP contribution in [0.25, 0.3) is 11.3 Å². The molecule has 2 N–H and O–H groups in total. The lowest BCUT2D eigenvalue weighted by Gasteiger charge is -2.14. The average molecular weight is 486 g/mol. The van der Waals surface area contributed by atoms with Crippen molar-refractivity contribution in [3.63, 3.8) is 0 Å². The summed E-state index contributed by atoms with van der Waals surface area (Å²) < 4.78 is 40.2. The van der Waals surface area contributed by atoms with E-state index in [4.69, 9.17) is 0 Å². The third kappa shape index (κ3) is 5.88. The van der Waals surface area contributed by atoms with Gasteiger partial charge in [0, 0.05) is 18.7 Å². The van der Waals surface area contributed by atoms with Gasteiger partial charge in [0.05, 0.1) is 22.9 Å². The van der Waals surface area contributed by atoms with Crippen LogP contribution in [0.15, 0.2) is 78.9 Å². The van der Waals surface area contributed by atoms with Gasteiger partial charge in [0.25, 0.3) is 5.91 Å². The summed E-state index contributed by atoms with van der Waals surface area (Å²) in [5.41, 5.74) is 2.95. The third-order valence-electron chi connectivity index (χ3n) is 5.50. The maximum Gasteiger partial charge on any atom is 0.255 e. The zero-order valence-corrected chi connectivity index (χ0v) is 19.1. The fraction of sp³-hybridized carbons (Fsp3) is 0.107. The topological polar surface area (TPSA) is 77.8 Å². The lowest BCUT2D eigenvalue weighted by atomic mass is 10.0. The van der Waals surface area contributed by atoms with Crippen LogP contribution in [0.2, 0.25) is 0 Å². The van der Waals surface area contributed by atoms with Gasteiger partial charge in [-0.2, -0.15) is 5.26 Å². The zero-order valence-electron chi connectivity index (χ0n) is 19.1. The van der Waals surface area contributed by atoms with Gasteiger partial charge < -0.3 is 10.6 Å². The molecule has 1 heterocycles. The first-order valence-electron chi connectivity index (χ1n) is 11.2. The summed E-state index contributed by atoms with van der Waals surface area (Å²) in [4.78, 5) is 17.6. The largest absolute Gasteiger partial charge is 0.369 e. The molecular formula is C28H21F3N4O. The van der Waals surface area contributed by atoms with Crippen molar-refractivity contribution in [2.75, 3.05) is 11.9 Å². The van der Waals surface area contributed by atoms with E-state index in [0.717, 1.165) is 17.7 Å². The van der Waals surface area contributed by atoms with E-state index in [-0.39, 0.29) is 23.7 Å². The summed E-state index contributed by atoms with van der Waals surface area (Å²) in [5, 5.41) is 15.3. The molecule has 4 rings (SSSR count). The number of hydrogen-bond acceptors (Lipinski definition) is 4. The summed E-state index contributed by atoms with van der Waals surface area (Å²) in [5.74, 6) is -2.49. The lowest BCUT2D eigenvalue weighted by molar-refractivity contribution is 0.0951. The minimum atomic E-state index is -0.997. The minimum Gasteiger partial charge on any atom is -0.369 e. The second-order valence-corrected chi connectivity index (χ2v) is 7.99. The molecule has 0 saturated carbocycles. The number of hydrogen-bond donors (Lipinski definition) is 2. The van der Waals surface area contributed by atoms with Gasteiger partial charge in [0.2, 0.25) is 0 Å². The Balaban J connectivity index is 1.58. The molecule has 5 nitrogen and oxygen atoms in total. The molecule has 1 amide bonds. The van der Waals surface area contributed by atoms with Crippen molar-refractivity contribution in [2.45, 2.75) is 13.0 Å². The Morgan fingerprint density at radius 1 is 0.889 bits per heavy atom. The maximum atomic E-state index is 13.5. The molecule has 1 aromatic heterocycles. The van der Waals surface area contributed by atoms with Crippen LogP contribution >= 0.6 is 0 Å². The lowest BCUT2D eigenvalue weighted by Crippen LogP contribution is -2.25. The molecule has 0 aliphatic rings. The number of aromatic nitrogens is 1. The number of rotatable bonds is 8. The zero-order chi connectivity index (χ0) is 25.5. The van der Waals surface area contributed by atoms with Gasteiger partial charge in [-0.1, -0.05) is 36.4 Å². The van der Waals surface area contributed by atoms with E-state index in [1.807, 2.05) is 0 Å². The third-order valence-corrected chi connectivity index (χ3v) is 5.50. The molecule has 36 heavy (non-hydrogen) atoms. The highest BCUT2D eigenvalue weighted by Gasteiger charge is 2.16. The number of halogens is 3. The number of benzene rings is 3. The Morgan fingerprint density at radius 2 is 1.72 bits per heavy atom. The van der Waals surface area contributed by atoms with Crippen molar-refractivity contribution in [1.29, 1.82) is 5.26 Å². The van der Waals surface area contributed by atoms with Crippen molar-refractivity contribution in [3.05, 3.63) is 119 Å². The van der Waals surface area contributed by atoms with Crippen LogP contribution in [0.4, 0.5) is 19.0 Å². The average Bonchev–Trinajstić information content (AvgIpc) is 2.89. The molecule has 0 atom stereocenters. The second kappa shape index (κ2) is 11.2. The Bertz CT molecular complexity index is 1450. The molecule has 0 saturated heterocycles. The summed E-state index contributed by atoms with van der Waals surface area (Å²) in [6.07, 6.45) is 0.481. The monoisotopic (exact) mass is 486 g/mol. The van der Waals surface area contributed by atoms with Crippen molar-refractivity contribution in [1.82, 2.24) is 10.3 Å². The molecule has 0 unspecified atom stereocenters. The normalized spacial score (nSPS) is 10.5. The van der Waals surface area contributed by atoms with E-state index >= 15 is 0 Å². The molecular weight excluding hydrogens is 465 g/mol. The number of nitriles is 1. The van der Waals surface area contributed by atoms with Gasteiger partial charge in [-0.05, 0) is 60.0 Å². The van der Waals surface area contributed by atoms with Crippen molar-refractivity contribution in [3.8, 4) is 17.3 Å². The Hall–Kier alpha value is -4.64. The Labute approximate surface area is 206 Å². The summed E-state index contributed by atoms with van der Waals surface area (Å²) in [6, 6.07) is 22.0. The number of carbonyl (C=O) groups is 1. The van der Waals surface area contributed by atoms with E-state index < -0.39 is 17.5 Å². The number of carbonyl (C=O) groups excluding carboxylic acids is 1. The number of pyridine rings is 1. The summed E-state index contributed by atoms with van der Waals surface area (Å²) in [7, 11) is 0. The van der Waals surface area contributed by atoms with Crippen molar-refractivity contribution < 1.29 is 18.0 Å². The number of nitrogens with zero attached hydrogens (tertiary/aromatic N) is 2. The summed E-state index contributed by atoms with van der Waals surface area (Å²) in [6.45, 7) is 0.348.